The molecule has 0 bridgehead atoms. The third-order valence-corrected chi connectivity index (χ3v) is 6.95. The van der Waals surface area contributed by atoms with Crippen molar-refractivity contribution in [3.63, 3.8) is 0 Å². The van der Waals surface area contributed by atoms with Gasteiger partial charge in [-0.2, -0.15) is 4.99 Å². The van der Waals surface area contributed by atoms with Crippen LogP contribution in [-0.4, -0.2) is 31.2 Å². The number of nitrogens with zero attached hydrogens (tertiary/aromatic N) is 2. The van der Waals surface area contributed by atoms with E-state index in [1.807, 2.05) is 44.2 Å². The molecule has 154 valence electrons. The van der Waals surface area contributed by atoms with E-state index in [-0.39, 0.29) is 10.8 Å². The highest BCUT2D eigenvalue weighted by atomic mass is 32.2. The van der Waals surface area contributed by atoms with Gasteiger partial charge in [-0.15, -0.1) is 0 Å². The SMILES string of the molecule is CC(C)C1(N)N=C(Nc2cccc(S(=O)(=O)C(C)C)c2)N=C(c2ccccc2)N1. The minimum Gasteiger partial charge on any atom is -0.333 e. The van der Waals surface area contributed by atoms with Crippen molar-refractivity contribution in [1.82, 2.24) is 5.32 Å². The summed E-state index contributed by atoms with van der Waals surface area (Å²) in [5.41, 5.74) is 7.96. The monoisotopic (exact) mass is 413 g/mol. The van der Waals surface area contributed by atoms with Gasteiger partial charge in [0.25, 0.3) is 0 Å². The quantitative estimate of drug-likeness (QED) is 0.698. The second kappa shape index (κ2) is 7.96. The summed E-state index contributed by atoms with van der Waals surface area (Å²) < 4.78 is 25.0. The van der Waals surface area contributed by atoms with Crippen LogP contribution in [0.2, 0.25) is 0 Å². The minimum atomic E-state index is -3.38. The van der Waals surface area contributed by atoms with Crippen LogP contribution in [0.15, 0.2) is 69.5 Å². The van der Waals surface area contributed by atoms with Crippen LogP contribution in [0.25, 0.3) is 0 Å². The Bertz CT molecular complexity index is 1050. The van der Waals surface area contributed by atoms with Gasteiger partial charge < -0.3 is 10.6 Å². The molecule has 2 aromatic rings. The molecule has 1 unspecified atom stereocenters. The van der Waals surface area contributed by atoms with Gasteiger partial charge in [-0.3, -0.25) is 5.73 Å². The summed E-state index contributed by atoms with van der Waals surface area (Å²) in [6.45, 7) is 7.26. The maximum atomic E-state index is 12.5. The van der Waals surface area contributed by atoms with Crippen molar-refractivity contribution in [2.24, 2.45) is 21.6 Å². The molecule has 8 heteroatoms. The first-order valence-corrected chi connectivity index (χ1v) is 11.1. The molecule has 0 spiro atoms. The fourth-order valence-corrected chi connectivity index (χ4v) is 3.87. The molecule has 0 aromatic heterocycles. The number of hydrogen-bond acceptors (Lipinski definition) is 7. The summed E-state index contributed by atoms with van der Waals surface area (Å²) in [5.74, 6) is -0.138. The largest absolute Gasteiger partial charge is 0.333 e. The molecule has 0 aliphatic carbocycles. The summed E-state index contributed by atoms with van der Waals surface area (Å²) in [4.78, 5) is 9.37. The van der Waals surface area contributed by atoms with Crippen LogP contribution in [0.5, 0.6) is 0 Å². The zero-order valence-corrected chi connectivity index (χ0v) is 17.9. The number of aliphatic imine (C=N–C) groups is 2. The minimum absolute atomic E-state index is 0.0128. The second-order valence-electron chi connectivity index (χ2n) is 7.61. The molecule has 0 radical (unpaired) electrons. The van der Waals surface area contributed by atoms with Crippen LogP contribution >= 0.6 is 0 Å². The summed E-state index contributed by atoms with van der Waals surface area (Å²) in [5, 5.41) is 5.83. The molecule has 1 aliphatic heterocycles. The molecule has 0 saturated carbocycles. The maximum Gasteiger partial charge on any atom is 0.228 e. The molecule has 0 saturated heterocycles. The van der Waals surface area contributed by atoms with Crippen molar-refractivity contribution >= 4 is 27.3 Å². The summed E-state index contributed by atoms with van der Waals surface area (Å²) in [7, 11) is -3.38. The van der Waals surface area contributed by atoms with Gasteiger partial charge in [0.2, 0.25) is 5.96 Å². The Labute approximate surface area is 172 Å². The molecule has 1 atom stereocenters. The number of rotatable bonds is 5. The van der Waals surface area contributed by atoms with Crippen molar-refractivity contribution in [3.8, 4) is 0 Å². The lowest BCUT2D eigenvalue weighted by molar-refractivity contribution is 0.295. The van der Waals surface area contributed by atoms with E-state index in [0.717, 1.165) is 5.56 Å². The molecule has 7 nitrogen and oxygen atoms in total. The number of nitrogens with one attached hydrogen (secondary N) is 2. The molecule has 0 amide bonds. The Morgan fingerprint density at radius 2 is 1.72 bits per heavy atom. The Hall–Kier alpha value is -2.71. The van der Waals surface area contributed by atoms with E-state index >= 15 is 0 Å². The van der Waals surface area contributed by atoms with Gasteiger partial charge in [-0.25, -0.2) is 13.4 Å². The predicted molar refractivity (Wildman–Crippen MR) is 118 cm³/mol. The highest BCUT2D eigenvalue weighted by Crippen LogP contribution is 2.22. The van der Waals surface area contributed by atoms with Crippen LogP contribution in [0, 0.1) is 5.92 Å². The molecule has 2 aromatic carbocycles. The van der Waals surface area contributed by atoms with E-state index in [9.17, 15) is 8.42 Å². The number of hydrogen-bond donors (Lipinski definition) is 3. The van der Waals surface area contributed by atoms with E-state index < -0.39 is 20.9 Å². The fraction of sp³-hybridized carbons (Fsp3) is 0.333. The number of amidine groups is 1. The van der Waals surface area contributed by atoms with Crippen LogP contribution in [0.3, 0.4) is 0 Å². The van der Waals surface area contributed by atoms with Crippen molar-refractivity contribution in [2.45, 2.75) is 43.6 Å². The Kier molecular flexibility index (Phi) is 5.77. The van der Waals surface area contributed by atoms with Gasteiger partial charge in [-0.05, 0) is 32.0 Å². The van der Waals surface area contributed by atoms with Crippen molar-refractivity contribution in [1.29, 1.82) is 0 Å². The highest BCUT2D eigenvalue weighted by molar-refractivity contribution is 7.92. The lowest BCUT2D eigenvalue weighted by Crippen LogP contribution is -2.61. The van der Waals surface area contributed by atoms with Crippen LogP contribution in [0.4, 0.5) is 5.69 Å². The first-order valence-electron chi connectivity index (χ1n) is 9.54. The van der Waals surface area contributed by atoms with Crippen molar-refractivity contribution in [2.75, 3.05) is 5.32 Å². The standard InChI is InChI=1S/C21H27N5O2S/c1-14(2)21(22)25-19(16-9-6-5-7-10-16)24-20(26-21)23-17-11-8-12-18(13-17)29(27,28)15(3)4/h5-15H,22H2,1-4H3,(H2,23,24,25,26). The van der Waals surface area contributed by atoms with Gasteiger partial charge in [-0.1, -0.05) is 50.2 Å². The molecule has 1 aliphatic rings. The topological polar surface area (TPSA) is 109 Å². The van der Waals surface area contributed by atoms with E-state index in [4.69, 9.17) is 5.73 Å². The summed E-state index contributed by atoms with van der Waals surface area (Å²) in [6, 6.07) is 16.3. The first kappa shape index (κ1) is 21.0. The molecule has 4 N–H and O–H groups in total. The summed E-state index contributed by atoms with van der Waals surface area (Å²) in [6.07, 6.45) is 0. The van der Waals surface area contributed by atoms with E-state index in [1.54, 1.807) is 38.1 Å². The van der Waals surface area contributed by atoms with Crippen LogP contribution in [-0.2, 0) is 9.84 Å². The number of anilines is 1. The predicted octanol–water partition coefficient (Wildman–Crippen LogP) is 2.96. The third kappa shape index (κ3) is 4.49. The molecular weight excluding hydrogens is 386 g/mol. The Morgan fingerprint density at radius 1 is 1.03 bits per heavy atom. The van der Waals surface area contributed by atoms with Crippen LogP contribution < -0.4 is 16.4 Å². The van der Waals surface area contributed by atoms with Crippen molar-refractivity contribution in [3.05, 3.63) is 60.2 Å². The number of nitrogens with two attached hydrogens (primary N) is 1. The first-order chi connectivity index (χ1) is 13.6. The smallest absolute Gasteiger partial charge is 0.228 e. The molecule has 0 fully saturated rings. The molecule has 29 heavy (non-hydrogen) atoms. The van der Waals surface area contributed by atoms with E-state index in [2.05, 4.69) is 20.6 Å². The lowest BCUT2D eigenvalue weighted by atomic mass is 10.0. The fourth-order valence-electron chi connectivity index (χ4n) is 2.77. The molecule has 1 heterocycles. The van der Waals surface area contributed by atoms with Gasteiger partial charge >= 0.3 is 0 Å². The van der Waals surface area contributed by atoms with Gasteiger partial charge in [0.05, 0.1) is 10.1 Å². The van der Waals surface area contributed by atoms with Gasteiger partial charge in [0, 0.05) is 17.2 Å². The van der Waals surface area contributed by atoms with Gasteiger partial charge in [0.15, 0.2) is 15.6 Å². The molecular formula is C21H27N5O2S. The summed E-state index contributed by atoms with van der Waals surface area (Å²) >= 11 is 0. The number of benzene rings is 2. The third-order valence-electron chi connectivity index (χ3n) is 4.79. The van der Waals surface area contributed by atoms with E-state index in [1.165, 1.54) is 0 Å². The maximum absolute atomic E-state index is 12.5. The highest BCUT2D eigenvalue weighted by Gasteiger charge is 2.33. The van der Waals surface area contributed by atoms with Gasteiger partial charge in [0.1, 0.15) is 5.84 Å². The molecule has 3 rings (SSSR count). The normalized spacial score (nSPS) is 19.6. The lowest BCUT2D eigenvalue weighted by Gasteiger charge is -2.35. The zero-order chi connectivity index (χ0) is 21.2. The van der Waals surface area contributed by atoms with Crippen LogP contribution in [0.1, 0.15) is 33.3 Å². The van der Waals surface area contributed by atoms with E-state index in [0.29, 0.717) is 17.5 Å². The Balaban J connectivity index is 1.98. The number of guanidine groups is 1. The Morgan fingerprint density at radius 3 is 2.34 bits per heavy atom. The zero-order valence-electron chi connectivity index (χ0n) is 17.0. The van der Waals surface area contributed by atoms with Crippen molar-refractivity contribution < 1.29 is 8.42 Å². The average Bonchev–Trinajstić information content (AvgIpc) is 2.68. The average molecular weight is 414 g/mol. The second-order valence-corrected chi connectivity index (χ2v) is 10.1. The number of sulfone groups is 1.